The lowest BCUT2D eigenvalue weighted by molar-refractivity contribution is 0.0608. The van der Waals surface area contributed by atoms with Crippen molar-refractivity contribution < 1.29 is 9.26 Å². The molecule has 1 unspecified atom stereocenters. The summed E-state index contributed by atoms with van der Waals surface area (Å²) in [6.45, 7) is 1.11. The smallest absolute Gasteiger partial charge is 0.229 e. The molecule has 22 heavy (non-hydrogen) atoms. The van der Waals surface area contributed by atoms with Crippen LogP contribution in [0.4, 0.5) is 0 Å². The Bertz CT molecular complexity index is 785. The molecule has 4 rings (SSSR count). The van der Waals surface area contributed by atoms with Crippen LogP contribution in [0, 0.1) is 0 Å². The number of rotatable bonds is 4. The van der Waals surface area contributed by atoms with Gasteiger partial charge < -0.3 is 13.8 Å². The number of hydrogen-bond acceptors (Lipinski definition) is 5. The van der Waals surface area contributed by atoms with E-state index in [0.717, 1.165) is 16.1 Å². The van der Waals surface area contributed by atoms with E-state index in [1.54, 1.807) is 12.5 Å². The van der Waals surface area contributed by atoms with Gasteiger partial charge in [0.2, 0.25) is 5.89 Å². The molecule has 0 aliphatic carbocycles. The molecule has 0 radical (unpaired) electrons. The summed E-state index contributed by atoms with van der Waals surface area (Å²) in [4.78, 5) is 8.39. The lowest BCUT2D eigenvalue weighted by atomic mass is 10.0. The maximum absolute atomic E-state index is 6.00. The van der Waals surface area contributed by atoms with Gasteiger partial charge in [0.05, 0.1) is 32.0 Å². The number of nitrogens with zero attached hydrogens (tertiary/aromatic N) is 4. The zero-order valence-electron chi connectivity index (χ0n) is 11.6. The van der Waals surface area contributed by atoms with E-state index in [1.807, 2.05) is 29.0 Å². The molecule has 2 aromatic heterocycles. The van der Waals surface area contributed by atoms with Crippen LogP contribution in [0.25, 0.3) is 0 Å². The summed E-state index contributed by atoms with van der Waals surface area (Å²) in [5.74, 6) is 1.20. The molecule has 1 aliphatic rings. The summed E-state index contributed by atoms with van der Waals surface area (Å²) in [6.07, 6.45) is 5.79. The normalized spacial score (nSPS) is 16.9. The van der Waals surface area contributed by atoms with Crippen LogP contribution in [0.2, 0.25) is 5.02 Å². The molecular weight excluding hydrogens is 304 g/mol. The van der Waals surface area contributed by atoms with Crippen molar-refractivity contribution >= 4 is 11.6 Å². The molecule has 0 saturated carbocycles. The number of fused-ring (bicyclic) bond motifs is 1. The first-order valence-corrected chi connectivity index (χ1v) is 7.33. The van der Waals surface area contributed by atoms with E-state index >= 15 is 0 Å². The van der Waals surface area contributed by atoms with Gasteiger partial charge in [-0.15, -0.1) is 0 Å². The van der Waals surface area contributed by atoms with Gasteiger partial charge in [-0.1, -0.05) is 22.8 Å². The van der Waals surface area contributed by atoms with Gasteiger partial charge in [0, 0.05) is 17.4 Å². The molecule has 1 atom stereocenters. The second-order valence-corrected chi connectivity index (χ2v) is 5.62. The van der Waals surface area contributed by atoms with Gasteiger partial charge in [0.1, 0.15) is 0 Å². The molecule has 1 aliphatic heterocycles. The van der Waals surface area contributed by atoms with Crippen LogP contribution in [0.3, 0.4) is 0 Å². The lowest BCUT2D eigenvalue weighted by Gasteiger charge is -2.07. The number of benzene rings is 1. The van der Waals surface area contributed by atoms with E-state index in [4.69, 9.17) is 20.9 Å². The molecule has 0 amide bonds. The Hall–Kier alpha value is -2.18. The largest absolute Gasteiger partial charge is 0.368 e. The predicted octanol–water partition coefficient (Wildman–Crippen LogP) is 2.78. The SMILES string of the molecule is Clc1ccc2c(c1)COC2Cc1nc(Cn2ccnc2)no1. The molecule has 0 spiro atoms. The number of halogens is 1. The maximum Gasteiger partial charge on any atom is 0.229 e. The fraction of sp³-hybridized carbons (Fsp3) is 0.267. The van der Waals surface area contributed by atoms with Crippen LogP contribution in [0.15, 0.2) is 41.4 Å². The van der Waals surface area contributed by atoms with Crippen LogP contribution in [-0.2, 0) is 24.3 Å². The number of imidazole rings is 1. The highest BCUT2D eigenvalue weighted by atomic mass is 35.5. The highest BCUT2D eigenvalue weighted by Gasteiger charge is 2.25. The summed E-state index contributed by atoms with van der Waals surface area (Å²) in [5, 5.41) is 4.72. The number of hydrogen-bond donors (Lipinski definition) is 0. The number of ether oxygens (including phenoxy) is 1. The molecule has 7 heteroatoms. The Labute approximate surface area is 131 Å². The van der Waals surface area contributed by atoms with E-state index in [-0.39, 0.29) is 6.10 Å². The standard InChI is InChI=1S/C15H13ClN4O2/c16-11-1-2-12-10(5-11)8-21-13(12)6-15-18-14(19-22-15)7-20-4-3-17-9-20/h1-5,9,13H,6-8H2. The maximum atomic E-state index is 6.00. The topological polar surface area (TPSA) is 66.0 Å². The second-order valence-electron chi connectivity index (χ2n) is 5.19. The summed E-state index contributed by atoms with van der Waals surface area (Å²) < 4.78 is 13.0. The second kappa shape index (κ2) is 5.55. The van der Waals surface area contributed by atoms with Gasteiger partial charge in [0.15, 0.2) is 5.82 Å². The Balaban J connectivity index is 1.48. The average molecular weight is 317 g/mol. The van der Waals surface area contributed by atoms with Gasteiger partial charge in [-0.2, -0.15) is 4.98 Å². The predicted molar refractivity (Wildman–Crippen MR) is 78.3 cm³/mol. The quantitative estimate of drug-likeness (QED) is 0.740. The van der Waals surface area contributed by atoms with Gasteiger partial charge in [-0.3, -0.25) is 0 Å². The molecule has 0 saturated heterocycles. The summed E-state index contributed by atoms with van der Waals surface area (Å²) >= 11 is 6.00. The molecule has 3 aromatic rings. The van der Waals surface area contributed by atoms with Crippen LogP contribution in [-0.4, -0.2) is 19.7 Å². The van der Waals surface area contributed by atoms with E-state index in [0.29, 0.717) is 31.3 Å². The molecule has 0 bridgehead atoms. The van der Waals surface area contributed by atoms with Crippen molar-refractivity contribution in [2.24, 2.45) is 0 Å². The molecule has 0 fully saturated rings. The van der Waals surface area contributed by atoms with Gasteiger partial charge in [-0.05, 0) is 23.3 Å². The first-order valence-electron chi connectivity index (χ1n) is 6.95. The van der Waals surface area contributed by atoms with E-state index in [2.05, 4.69) is 15.1 Å². The third-order valence-corrected chi connectivity index (χ3v) is 3.88. The zero-order chi connectivity index (χ0) is 14.9. The van der Waals surface area contributed by atoms with Crippen LogP contribution in [0.5, 0.6) is 0 Å². The van der Waals surface area contributed by atoms with Crippen LogP contribution in [0.1, 0.15) is 28.9 Å². The molecule has 0 N–H and O–H groups in total. The first-order chi connectivity index (χ1) is 10.8. The number of aromatic nitrogens is 4. The third-order valence-electron chi connectivity index (χ3n) is 3.65. The van der Waals surface area contributed by atoms with Crippen LogP contribution < -0.4 is 0 Å². The molecule has 6 nitrogen and oxygen atoms in total. The molecular formula is C15H13ClN4O2. The Morgan fingerprint density at radius 3 is 3.18 bits per heavy atom. The van der Waals surface area contributed by atoms with E-state index < -0.39 is 0 Å². The minimum atomic E-state index is -0.0613. The first kappa shape index (κ1) is 13.5. The summed E-state index contributed by atoms with van der Waals surface area (Å²) in [5.41, 5.74) is 2.26. The molecule has 1 aromatic carbocycles. The minimum Gasteiger partial charge on any atom is -0.368 e. The fourth-order valence-electron chi connectivity index (χ4n) is 2.60. The van der Waals surface area contributed by atoms with Crippen molar-refractivity contribution in [1.82, 2.24) is 19.7 Å². The monoisotopic (exact) mass is 316 g/mol. The van der Waals surface area contributed by atoms with Crippen molar-refractivity contribution in [2.45, 2.75) is 25.7 Å². The minimum absolute atomic E-state index is 0.0613. The van der Waals surface area contributed by atoms with Crippen molar-refractivity contribution in [2.75, 3.05) is 0 Å². The van der Waals surface area contributed by atoms with Crippen molar-refractivity contribution in [3.8, 4) is 0 Å². The lowest BCUT2D eigenvalue weighted by Crippen LogP contribution is -2.02. The molecule has 3 heterocycles. The van der Waals surface area contributed by atoms with E-state index in [9.17, 15) is 0 Å². The van der Waals surface area contributed by atoms with Crippen LogP contribution >= 0.6 is 11.6 Å². The van der Waals surface area contributed by atoms with Crippen molar-refractivity contribution in [3.63, 3.8) is 0 Å². The average Bonchev–Trinajstić information content (AvgIpc) is 3.22. The highest BCUT2D eigenvalue weighted by Crippen LogP contribution is 2.34. The van der Waals surface area contributed by atoms with Gasteiger partial charge in [-0.25, -0.2) is 4.98 Å². The Morgan fingerprint density at radius 1 is 1.36 bits per heavy atom. The van der Waals surface area contributed by atoms with Crippen molar-refractivity contribution in [1.29, 1.82) is 0 Å². The fourth-order valence-corrected chi connectivity index (χ4v) is 2.80. The Kier molecular flexibility index (Phi) is 3.40. The summed E-state index contributed by atoms with van der Waals surface area (Å²) in [7, 11) is 0. The zero-order valence-corrected chi connectivity index (χ0v) is 12.4. The van der Waals surface area contributed by atoms with Gasteiger partial charge in [0.25, 0.3) is 0 Å². The highest BCUT2D eigenvalue weighted by molar-refractivity contribution is 6.30. The molecule has 112 valence electrons. The third kappa shape index (κ3) is 2.63. The summed E-state index contributed by atoms with van der Waals surface area (Å²) in [6, 6.07) is 5.81. The van der Waals surface area contributed by atoms with Crippen molar-refractivity contribution in [3.05, 3.63) is 64.8 Å². The van der Waals surface area contributed by atoms with E-state index in [1.165, 1.54) is 0 Å². The van der Waals surface area contributed by atoms with Gasteiger partial charge >= 0.3 is 0 Å². The Morgan fingerprint density at radius 2 is 2.32 bits per heavy atom.